The zero-order chi connectivity index (χ0) is 21.2. The van der Waals surface area contributed by atoms with Crippen LogP contribution in [0.4, 0.5) is 0 Å². The van der Waals surface area contributed by atoms with Gasteiger partial charge in [-0.3, -0.25) is 4.79 Å². The number of aromatic nitrogens is 3. The van der Waals surface area contributed by atoms with Crippen molar-refractivity contribution in [2.45, 2.75) is 18.8 Å². The summed E-state index contributed by atoms with van der Waals surface area (Å²) in [6, 6.07) is 18.9. The highest BCUT2D eigenvalue weighted by Crippen LogP contribution is 2.34. The number of imidazole rings is 1. The van der Waals surface area contributed by atoms with Gasteiger partial charge in [-0.1, -0.05) is 18.2 Å². The number of hydrogen-bond donors (Lipinski definition) is 0. The van der Waals surface area contributed by atoms with Crippen LogP contribution in [0.25, 0.3) is 11.0 Å². The summed E-state index contributed by atoms with van der Waals surface area (Å²) in [7, 11) is 1.86. The number of benzene rings is 2. The van der Waals surface area contributed by atoms with E-state index in [4.69, 9.17) is 9.47 Å². The Hall–Kier alpha value is -3.51. The van der Waals surface area contributed by atoms with Crippen molar-refractivity contribution in [2.24, 2.45) is 7.05 Å². The zero-order valence-electron chi connectivity index (χ0n) is 17.3. The predicted molar refractivity (Wildman–Crippen MR) is 118 cm³/mol. The quantitative estimate of drug-likeness (QED) is 0.436. The molecule has 2 aromatic carbocycles. The second-order valence-electron chi connectivity index (χ2n) is 7.72. The van der Waals surface area contributed by atoms with Gasteiger partial charge in [0.05, 0.1) is 11.0 Å². The summed E-state index contributed by atoms with van der Waals surface area (Å²) in [5, 5.41) is 0. The average Bonchev–Trinajstić information content (AvgIpc) is 3.17. The topological polar surface area (TPSA) is 66.2 Å². The van der Waals surface area contributed by atoms with E-state index in [1.807, 2.05) is 41.9 Å². The molecule has 1 fully saturated rings. The summed E-state index contributed by atoms with van der Waals surface area (Å²) in [6.07, 6.45) is 3.67. The molecule has 6 nitrogen and oxygen atoms in total. The number of fused-ring (bicyclic) bond motifs is 1. The van der Waals surface area contributed by atoms with Crippen molar-refractivity contribution in [2.75, 3.05) is 13.2 Å². The Morgan fingerprint density at radius 2 is 1.81 bits per heavy atom. The molecule has 0 saturated carbocycles. The van der Waals surface area contributed by atoms with E-state index in [-0.39, 0.29) is 5.78 Å². The summed E-state index contributed by atoms with van der Waals surface area (Å²) in [5.41, 5.74) is 3.41. The highest BCUT2D eigenvalue weighted by Gasteiger charge is 2.21. The Bertz CT molecular complexity index is 1220. The van der Waals surface area contributed by atoms with E-state index < -0.39 is 0 Å². The average molecular weight is 413 g/mol. The van der Waals surface area contributed by atoms with E-state index in [2.05, 4.69) is 16.0 Å². The number of pyridine rings is 1. The summed E-state index contributed by atoms with van der Waals surface area (Å²) in [5.74, 6) is 1.95. The molecule has 5 rings (SSSR count). The van der Waals surface area contributed by atoms with Crippen LogP contribution in [-0.2, 0) is 11.8 Å². The van der Waals surface area contributed by atoms with Gasteiger partial charge < -0.3 is 14.0 Å². The largest absolute Gasteiger partial charge is 0.439 e. The van der Waals surface area contributed by atoms with Crippen molar-refractivity contribution in [1.29, 1.82) is 0 Å². The predicted octanol–water partition coefficient (Wildman–Crippen LogP) is 4.89. The van der Waals surface area contributed by atoms with Gasteiger partial charge in [-0.15, -0.1) is 0 Å². The lowest BCUT2D eigenvalue weighted by Gasteiger charge is -2.23. The van der Waals surface area contributed by atoms with Crippen LogP contribution in [0, 0.1) is 0 Å². The lowest BCUT2D eigenvalue weighted by molar-refractivity contribution is 0.0848. The molecule has 156 valence electrons. The molecule has 3 heterocycles. The molecule has 4 aromatic rings. The van der Waals surface area contributed by atoms with Gasteiger partial charge in [0.15, 0.2) is 5.82 Å². The van der Waals surface area contributed by atoms with Gasteiger partial charge >= 0.3 is 0 Å². The number of nitrogens with zero attached hydrogens (tertiary/aromatic N) is 3. The Morgan fingerprint density at radius 1 is 1.03 bits per heavy atom. The fourth-order valence-corrected chi connectivity index (χ4v) is 4.07. The first-order valence-corrected chi connectivity index (χ1v) is 10.5. The van der Waals surface area contributed by atoms with Gasteiger partial charge in [-0.2, -0.15) is 0 Å². The SMILES string of the molecule is Cn1c(C(=O)c2ccc(Oc3ncccc3C3CCOCC3)cc2)nc2ccccc21. The third-order valence-corrected chi connectivity index (χ3v) is 5.78. The molecule has 1 aliphatic heterocycles. The standard InChI is InChI=1S/C25H23N3O3/c1-28-22-7-3-2-6-21(22)27-24(28)23(29)18-8-10-19(11-9-18)31-25-20(5-4-14-26-25)17-12-15-30-16-13-17/h2-11,14,17H,12-13,15-16H2,1H3. The molecular formula is C25H23N3O3. The van der Waals surface area contributed by atoms with Crippen LogP contribution in [0.5, 0.6) is 11.6 Å². The number of para-hydroxylation sites is 2. The minimum absolute atomic E-state index is 0.119. The highest BCUT2D eigenvalue weighted by atomic mass is 16.5. The molecule has 0 spiro atoms. The monoisotopic (exact) mass is 413 g/mol. The molecule has 1 aliphatic rings. The lowest BCUT2D eigenvalue weighted by atomic mass is 9.92. The molecule has 2 aromatic heterocycles. The van der Waals surface area contributed by atoms with Crippen molar-refractivity contribution in [3.05, 3.63) is 83.8 Å². The van der Waals surface area contributed by atoms with Crippen LogP contribution in [0.15, 0.2) is 66.9 Å². The summed E-state index contributed by atoms with van der Waals surface area (Å²) in [6.45, 7) is 1.52. The van der Waals surface area contributed by atoms with Crippen LogP contribution in [0.1, 0.15) is 40.5 Å². The minimum Gasteiger partial charge on any atom is -0.439 e. The van der Waals surface area contributed by atoms with Crippen molar-refractivity contribution in [3.63, 3.8) is 0 Å². The van der Waals surface area contributed by atoms with Crippen molar-refractivity contribution in [1.82, 2.24) is 14.5 Å². The van der Waals surface area contributed by atoms with Crippen LogP contribution in [0.2, 0.25) is 0 Å². The summed E-state index contributed by atoms with van der Waals surface area (Å²) < 4.78 is 13.4. The van der Waals surface area contributed by atoms with Crippen LogP contribution in [0.3, 0.4) is 0 Å². The van der Waals surface area contributed by atoms with Gasteiger partial charge in [0.2, 0.25) is 11.7 Å². The number of hydrogen-bond acceptors (Lipinski definition) is 5. The van der Waals surface area contributed by atoms with Gasteiger partial charge in [-0.05, 0) is 61.2 Å². The van der Waals surface area contributed by atoms with E-state index in [0.717, 1.165) is 42.7 Å². The van der Waals surface area contributed by atoms with Crippen molar-refractivity contribution < 1.29 is 14.3 Å². The van der Waals surface area contributed by atoms with E-state index >= 15 is 0 Å². The van der Waals surface area contributed by atoms with Gasteiger partial charge in [0, 0.05) is 37.6 Å². The first-order chi connectivity index (χ1) is 15.2. The zero-order valence-corrected chi connectivity index (χ0v) is 17.3. The molecule has 31 heavy (non-hydrogen) atoms. The van der Waals surface area contributed by atoms with Gasteiger partial charge in [-0.25, -0.2) is 9.97 Å². The maximum Gasteiger partial charge on any atom is 0.228 e. The van der Waals surface area contributed by atoms with E-state index in [1.165, 1.54) is 0 Å². The summed E-state index contributed by atoms with van der Waals surface area (Å²) >= 11 is 0. The lowest BCUT2D eigenvalue weighted by Crippen LogP contribution is -2.15. The molecule has 0 atom stereocenters. The van der Waals surface area contributed by atoms with Gasteiger partial charge in [0.1, 0.15) is 5.75 Å². The number of ether oxygens (including phenoxy) is 2. The Labute approximate surface area is 180 Å². The number of aryl methyl sites for hydroxylation is 1. The number of ketones is 1. The number of rotatable bonds is 5. The number of carbonyl (C=O) groups excluding carboxylic acids is 1. The highest BCUT2D eigenvalue weighted by molar-refractivity contribution is 6.08. The second kappa shape index (κ2) is 8.32. The third-order valence-electron chi connectivity index (χ3n) is 5.78. The second-order valence-corrected chi connectivity index (χ2v) is 7.72. The molecule has 0 radical (unpaired) electrons. The molecular weight excluding hydrogens is 390 g/mol. The first kappa shape index (κ1) is 19.5. The molecule has 0 bridgehead atoms. The number of carbonyl (C=O) groups is 1. The van der Waals surface area contributed by atoms with E-state index in [1.54, 1.807) is 30.5 Å². The maximum atomic E-state index is 13.0. The normalized spacial score (nSPS) is 14.6. The van der Waals surface area contributed by atoms with Crippen LogP contribution in [-0.4, -0.2) is 33.5 Å². The Balaban J connectivity index is 1.37. The van der Waals surface area contributed by atoms with Crippen molar-refractivity contribution in [3.8, 4) is 11.6 Å². The molecule has 0 aliphatic carbocycles. The van der Waals surface area contributed by atoms with Crippen molar-refractivity contribution >= 4 is 16.8 Å². The van der Waals surface area contributed by atoms with E-state index in [9.17, 15) is 4.79 Å². The molecule has 0 amide bonds. The molecule has 0 N–H and O–H groups in total. The van der Waals surface area contributed by atoms with E-state index in [0.29, 0.717) is 28.9 Å². The third kappa shape index (κ3) is 3.82. The summed E-state index contributed by atoms with van der Waals surface area (Å²) in [4.78, 5) is 22.0. The fourth-order valence-electron chi connectivity index (χ4n) is 4.07. The van der Waals surface area contributed by atoms with Crippen LogP contribution >= 0.6 is 0 Å². The molecule has 6 heteroatoms. The fraction of sp³-hybridized carbons (Fsp3) is 0.240. The minimum atomic E-state index is -0.119. The Morgan fingerprint density at radius 3 is 2.58 bits per heavy atom. The maximum absolute atomic E-state index is 13.0. The van der Waals surface area contributed by atoms with Gasteiger partial charge in [0.25, 0.3) is 0 Å². The molecule has 0 unspecified atom stereocenters. The first-order valence-electron chi connectivity index (χ1n) is 10.5. The van der Waals surface area contributed by atoms with Crippen LogP contribution < -0.4 is 4.74 Å². The Kier molecular flexibility index (Phi) is 5.22. The smallest absolute Gasteiger partial charge is 0.228 e. The molecule has 1 saturated heterocycles.